The van der Waals surface area contributed by atoms with Gasteiger partial charge in [0, 0.05) is 13.0 Å². The van der Waals surface area contributed by atoms with Gasteiger partial charge in [-0.25, -0.2) is 4.79 Å². The van der Waals surface area contributed by atoms with Crippen LogP contribution in [0.1, 0.15) is 12.8 Å². The maximum absolute atomic E-state index is 10.7. The van der Waals surface area contributed by atoms with E-state index in [4.69, 9.17) is 22.4 Å². The Bertz CT molecular complexity index is 354. The molecule has 0 amide bonds. The van der Waals surface area contributed by atoms with Gasteiger partial charge in [0.25, 0.3) is 0 Å². The third-order valence-corrected chi connectivity index (χ3v) is 1.76. The minimum absolute atomic E-state index is 0.138. The summed E-state index contributed by atoms with van der Waals surface area (Å²) in [5.74, 6) is -2.38. The van der Waals surface area contributed by atoms with E-state index in [2.05, 4.69) is 22.4 Å². The summed E-state index contributed by atoms with van der Waals surface area (Å²) in [7, 11) is 0. The first-order valence-corrected chi connectivity index (χ1v) is 5.04. The van der Waals surface area contributed by atoms with Crippen LogP contribution in [0.25, 0.3) is 0 Å². The topological polar surface area (TPSA) is 111 Å². The van der Waals surface area contributed by atoms with Crippen molar-refractivity contribution in [2.24, 2.45) is 5.10 Å². The normalized spacial score (nSPS) is 10.5. The van der Waals surface area contributed by atoms with Crippen molar-refractivity contribution in [3.63, 3.8) is 0 Å². The maximum Gasteiger partial charge on any atom is 0.352 e. The highest BCUT2D eigenvalue weighted by molar-refractivity contribution is 7.80. The molecule has 94 valence electrons. The molecule has 0 unspecified atom stereocenters. The second-order valence-electron chi connectivity index (χ2n) is 2.87. The van der Waals surface area contributed by atoms with Gasteiger partial charge in [0.05, 0.1) is 6.42 Å². The molecule has 0 radical (unpaired) electrons. The van der Waals surface area contributed by atoms with Gasteiger partial charge in [0.1, 0.15) is 5.71 Å². The van der Waals surface area contributed by atoms with Crippen molar-refractivity contribution in [2.75, 3.05) is 6.54 Å². The van der Waals surface area contributed by atoms with E-state index in [1.807, 2.05) is 0 Å². The van der Waals surface area contributed by atoms with E-state index in [-0.39, 0.29) is 23.7 Å². The predicted molar refractivity (Wildman–Crippen MR) is 65.9 cm³/mol. The number of hydrazone groups is 1. The summed E-state index contributed by atoms with van der Waals surface area (Å²) >= 11 is 4.77. The zero-order chi connectivity index (χ0) is 13.3. The van der Waals surface area contributed by atoms with Crippen LogP contribution in [0.5, 0.6) is 0 Å². The monoisotopic (exact) mass is 259 g/mol. The third-order valence-electron chi connectivity index (χ3n) is 1.52. The van der Waals surface area contributed by atoms with Crippen LogP contribution in [0.15, 0.2) is 17.8 Å². The highest BCUT2D eigenvalue weighted by Crippen LogP contribution is 1.93. The quantitative estimate of drug-likeness (QED) is 0.219. The van der Waals surface area contributed by atoms with Crippen LogP contribution in [0.3, 0.4) is 0 Å². The number of thiocarbonyl (C=S) groups is 1. The molecular weight excluding hydrogens is 246 g/mol. The summed E-state index contributed by atoms with van der Waals surface area (Å²) in [6, 6.07) is 0. The van der Waals surface area contributed by atoms with Gasteiger partial charge in [0.15, 0.2) is 5.11 Å². The largest absolute Gasteiger partial charge is 0.481 e. The van der Waals surface area contributed by atoms with Crippen LogP contribution in [0.2, 0.25) is 0 Å². The van der Waals surface area contributed by atoms with Crippen molar-refractivity contribution in [1.82, 2.24) is 10.7 Å². The number of carboxylic acids is 2. The van der Waals surface area contributed by atoms with Crippen molar-refractivity contribution in [3.8, 4) is 0 Å². The Balaban J connectivity index is 4.29. The molecule has 0 aromatic heterocycles. The van der Waals surface area contributed by atoms with Gasteiger partial charge >= 0.3 is 11.9 Å². The molecule has 0 atom stereocenters. The first-order chi connectivity index (χ1) is 7.97. The maximum atomic E-state index is 10.7. The van der Waals surface area contributed by atoms with Crippen LogP contribution in [-0.2, 0) is 9.59 Å². The molecule has 0 aromatic carbocycles. The van der Waals surface area contributed by atoms with Gasteiger partial charge in [-0.1, -0.05) is 6.08 Å². The van der Waals surface area contributed by atoms with Crippen LogP contribution < -0.4 is 10.7 Å². The Morgan fingerprint density at radius 3 is 2.47 bits per heavy atom. The Labute approximate surface area is 103 Å². The fourth-order valence-corrected chi connectivity index (χ4v) is 0.888. The summed E-state index contributed by atoms with van der Waals surface area (Å²) in [5.41, 5.74) is 2.01. The molecule has 0 aromatic rings. The van der Waals surface area contributed by atoms with E-state index in [0.717, 1.165) is 0 Å². The molecule has 17 heavy (non-hydrogen) atoms. The zero-order valence-electron chi connectivity index (χ0n) is 8.97. The number of aliphatic carboxylic acids is 2. The lowest BCUT2D eigenvalue weighted by Gasteiger charge is -2.05. The number of hydrogen-bond donors (Lipinski definition) is 4. The van der Waals surface area contributed by atoms with Crippen molar-refractivity contribution in [2.45, 2.75) is 12.8 Å². The first-order valence-electron chi connectivity index (χ1n) is 4.63. The minimum atomic E-state index is -1.29. The number of nitrogens with one attached hydrogen (secondary N) is 2. The van der Waals surface area contributed by atoms with E-state index >= 15 is 0 Å². The third kappa shape index (κ3) is 7.91. The molecule has 4 N–H and O–H groups in total. The summed E-state index contributed by atoms with van der Waals surface area (Å²) in [6.07, 6.45) is 1.08. The molecule has 0 aliphatic heterocycles. The minimum Gasteiger partial charge on any atom is -0.481 e. The molecule has 7 nitrogen and oxygen atoms in total. The van der Waals surface area contributed by atoms with Gasteiger partial charge in [-0.2, -0.15) is 5.10 Å². The second kappa shape index (κ2) is 8.22. The first kappa shape index (κ1) is 15.0. The smallest absolute Gasteiger partial charge is 0.352 e. The van der Waals surface area contributed by atoms with Crippen molar-refractivity contribution in [1.29, 1.82) is 0 Å². The molecule has 0 aliphatic carbocycles. The van der Waals surface area contributed by atoms with E-state index < -0.39 is 11.9 Å². The average molecular weight is 259 g/mol. The molecular formula is C9H13N3O4S. The Morgan fingerprint density at radius 2 is 2.00 bits per heavy atom. The van der Waals surface area contributed by atoms with Gasteiger partial charge < -0.3 is 15.5 Å². The number of carboxylic acid groups (broad SMARTS) is 2. The standard InChI is InChI=1S/C9H13N3O4S/c1-2-5-10-9(17)12-11-6(8(15)16)3-4-7(13)14/h2H,1,3-5H2,(H,13,14)(H,15,16)(H2,10,12,17)/b11-6+. The molecule has 0 spiro atoms. The second-order valence-corrected chi connectivity index (χ2v) is 3.28. The van der Waals surface area contributed by atoms with Crippen LogP contribution >= 0.6 is 12.2 Å². The summed E-state index contributed by atoms with van der Waals surface area (Å²) in [4.78, 5) is 21.0. The van der Waals surface area contributed by atoms with Gasteiger partial charge in [-0.3, -0.25) is 10.2 Å². The fraction of sp³-hybridized carbons (Fsp3) is 0.333. The number of rotatable bonds is 7. The van der Waals surface area contributed by atoms with E-state index in [1.165, 1.54) is 0 Å². The van der Waals surface area contributed by atoms with Crippen LogP contribution in [-0.4, -0.2) is 39.5 Å². The lowest BCUT2D eigenvalue weighted by Crippen LogP contribution is -2.33. The molecule has 0 heterocycles. The lowest BCUT2D eigenvalue weighted by molar-refractivity contribution is -0.136. The highest BCUT2D eigenvalue weighted by atomic mass is 32.1. The number of nitrogens with zero attached hydrogens (tertiary/aromatic N) is 1. The SMILES string of the molecule is C=CCNC(=S)N/N=C(\CCC(=O)O)C(=O)O. The van der Waals surface area contributed by atoms with E-state index in [0.29, 0.717) is 6.54 Å². The zero-order valence-corrected chi connectivity index (χ0v) is 9.79. The summed E-state index contributed by atoms with van der Waals surface area (Å²) in [5, 5.41) is 23.5. The average Bonchev–Trinajstić information content (AvgIpc) is 2.25. The van der Waals surface area contributed by atoms with Crippen molar-refractivity contribution >= 4 is 35.0 Å². The van der Waals surface area contributed by atoms with Crippen LogP contribution in [0, 0.1) is 0 Å². The van der Waals surface area contributed by atoms with Gasteiger partial charge in [-0.05, 0) is 12.2 Å². The van der Waals surface area contributed by atoms with Crippen molar-refractivity contribution < 1.29 is 19.8 Å². The fourth-order valence-electron chi connectivity index (χ4n) is 0.759. The van der Waals surface area contributed by atoms with Gasteiger partial charge in [0.2, 0.25) is 0 Å². The Hall–Kier alpha value is -1.96. The molecule has 0 fully saturated rings. The van der Waals surface area contributed by atoms with Crippen molar-refractivity contribution in [3.05, 3.63) is 12.7 Å². The Morgan fingerprint density at radius 1 is 1.35 bits per heavy atom. The van der Waals surface area contributed by atoms with E-state index in [1.54, 1.807) is 6.08 Å². The molecule has 0 aliphatic rings. The Kier molecular flexibility index (Phi) is 7.27. The molecule has 0 rings (SSSR count). The number of carbonyl (C=O) groups is 2. The molecule has 0 bridgehead atoms. The highest BCUT2D eigenvalue weighted by Gasteiger charge is 2.11. The number of hydrogen-bond acceptors (Lipinski definition) is 4. The van der Waals surface area contributed by atoms with Gasteiger partial charge in [-0.15, -0.1) is 6.58 Å². The molecule has 0 saturated carbocycles. The molecule has 8 heteroatoms. The predicted octanol–water partition coefficient (Wildman–Crippen LogP) is -0.0581. The molecule has 0 saturated heterocycles. The van der Waals surface area contributed by atoms with Crippen LogP contribution in [0.4, 0.5) is 0 Å². The summed E-state index contributed by atoms with van der Waals surface area (Å²) in [6.45, 7) is 3.88. The summed E-state index contributed by atoms with van der Waals surface area (Å²) < 4.78 is 0. The van der Waals surface area contributed by atoms with E-state index in [9.17, 15) is 9.59 Å². The lowest BCUT2D eigenvalue weighted by atomic mass is 10.2.